The summed E-state index contributed by atoms with van der Waals surface area (Å²) in [7, 11) is 0. The predicted molar refractivity (Wildman–Crippen MR) is 56.5 cm³/mol. The fraction of sp³-hybridized carbons (Fsp3) is 0.333. The second-order valence-corrected chi connectivity index (χ2v) is 3.47. The van der Waals surface area contributed by atoms with Crippen LogP contribution in [0.15, 0.2) is 12.1 Å². The molecule has 1 aromatic carbocycles. The molecule has 0 aromatic heterocycles. The highest BCUT2D eigenvalue weighted by Crippen LogP contribution is 2.17. The quantitative estimate of drug-likeness (QED) is 0.603. The van der Waals surface area contributed by atoms with Gasteiger partial charge in [-0.25, -0.2) is 13.2 Å². The standard InChI is InChI=1S/C12H11F3O3/c1-2-18-11(17)4-3-10(16)12-8(14)5-7(13)6-9(12)15/h5-6H,2-4H2,1H3. The number of ketones is 1. The molecule has 0 amide bonds. The first-order valence-electron chi connectivity index (χ1n) is 5.29. The lowest BCUT2D eigenvalue weighted by molar-refractivity contribution is -0.143. The van der Waals surface area contributed by atoms with Crippen molar-refractivity contribution in [3.63, 3.8) is 0 Å². The normalized spacial score (nSPS) is 10.2. The minimum absolute atomic E-state index is 0.159. The molecule has 98 valence electrons. The summed E-state index contributed by atoms with van der Waals surface area (Å²) in [5.41, 5.74) is -0.833. The molecule has 0 saturated carbocycles. The van der Waals surface area contributed by atoms with Crippen LogP contribution in [0.3, 0.4) is 0 Å². The fourth-order valence-corrected chi connectivity index (χ4v) is 1.38. The minimum Gasteiger partial charge on any atom is -0.466 e. The van der Waals surface area contributed by atoms with E-state index in [4.69, 9.17) is 0 Å². The molecule has 0 heterocycles. The van der Waals surface area contributed by atoms with Crippen molar-refractivity contribution in [1.82, 2.24) is 0 Å². The van der Waals surface area contributed by atoms with Crippen LogP contribution < -0.4 is 0 Å². The first kappa shape index (κ1) is 14.2. The Morgan fingerprint density at radius 3 is 2.17 bits per heavy atom. The number of ether oxygens (including phenoxy) is 1. The summed E-state index contributed by atoms with van der Waals surface area (Å²) in [6.07, 6.45) is -0.665. The molecule has 0 saturated heterocycles. The van der Waals surface area contributed by atoms with Crippen LogP contribution in [0.4, 0.5) is 13.2 Å². The number of hydrogen-bond acceptors (Lipinski definition) is 3. The number of Topliss-reactive ketones (excluding diaryl/α,β-unsaturated/α-hetero) is 1. The molecule has 18 heavy (non-hydrogen) atoms. The molecule has 0 fully saturated rings. The summed E-state index contributed by atoms with van der Waals surface area (Å²) in [4.78, 5) is 22.5. The van der Waals surface area contributed by atoms with E-state index in [1.54, 1.807) is 6.92 Å². The monoisotopic (exact) mass is 260 g/mol. The van der Waals surface area contributed by atoms with Gasteiger partial charge < -0.3 is 4.74 Å². The second-order valence-electron chi connectivity index (χ2n) is 3.47. The summed E-state index contributed by atoms with van der Waals surface area (Å²) >= 11 is 0. The number of carbonyl (C=O) groups is 2. The maximum Gasteiger partial charge on any atom is 0.306 e. The van der Waals surface area contributed by atoms with Crippen molar-refractivity contribution < 1.29 is 27.5 Å². The number of esters is 1. The van der Waals surface area contributed by atoms with Crippen molar-refractivity contribution in [3.8, 4) is 0 Å². The highest BCUT2D eigenvalue weighted by Gasteiger charge is 2.19. The smallest absolute Gasteiger partial charge is 0.306 e. The predicted octanol–water partition coefficient (Wildman–Crippen LogP) is 2.63. The molecule has 1 rings (SSSR count). The SMILES string of the molecule is CCOC(=O)CCC(=O)c1c(F)cc(F)cc1F. The number of hydrogen-bond donors (Lipinski definition) is 0. The maximum atomic E-state index is 13.2. The van der Waals surface area contributed by atoms with E-state index in [0.717, 1.165) is 0 Å². The molecule has 6 heteroatoms. The molecule has 0 aliphatic heterocycles. The molecule has 0 radical (unpaired) electrons. The van der Waals surface area contributed by atoms with Crippen LogP contribution in [0.1, 0.15) is 30.1 Å². The van der Waals surface area contributed by atoms with Crippen LogP contribution in [0.5, 0.6) is 0 Å². The summed E-state index contributed by atoms with van der Waals surface area (Å²) in [6, 6.07) is 0.835. The Labute approximate surface area is 102 Å². The average molecular weight is 260 g/mol. The molecule has 0 N–H and O–H groups in total. The zero-order valence-electron chi connectivity index (χ0n) is 9.63. The molecule has 1 aromatic rings. The van der Waals surface area contributed by atoms with E-state index in [1.807, 2.05) is 0 Å². The maximum absolute atomic E-state index is 13.2. The van der Waals surface area contributed by atoms with Crippen molar-refractivity contribution in [2.75, 3.05) is 6.61 Å². The van der Waals surface area contributed by atoms with Crippen LogP contribution in [-0.2, 0) is 9.53 Å². The molecule has 0 unspecified atom stereocenters. The summed E-state index contributed by atoms with van der Waals surface area (Å²) in [6.45, 7) is 1.76. The zero-order valence-corrected chi connectivity index (χ0v) is 9.63. The number of carbonyl (C=O) groups excluding carboxylic acids is 2. The number of benzene rings is 1. The van der Waals surface area contributed by atoms with Gasteiger partial charge in [-0.15, -0.1) is 0 Å². The third kappa shape index (κ3) is 3.58. The van der Waals surface area contributed by atoms with E-state index in [2.05, 4.69) is 4.74 Å². The van der Waals surface area contributed by atoms with E-state index in [9.17, 15) is 22.8 Å². The van der Waals surface area contributed by atoms with Gasteiger partial charge in [0.2, 0.25) is 0 Å². The molecular weight excluding hydrogens is 249 g/mol. The van der Waals surface area contributed by atoms with Gasteiger partial charge in [0.15, 0.2) is 5.78 Å². The lowest BCUT2D eigenvalue weighted by atomic mass is 10.1. The van der Waals surface area contributed by atoms with Crippen molar-refractivity contribution in [3.05, 3.63) is 35.1 Å². The van der Waals surface area contributed by atoms with Crippen molar-refractivity contribution >= 4 is 11.8 Å². The molecule has 0 bridgehead atoms. The Kier molecular flexibility index (Phi) is 4.88. The lowest BCUT2D eigenvalue weighted by Gasteiger charge is -2.04. The van der Waals surface area contributed by atoms with Crippen LogP contribution in [0.2, 0.25) is 0 Å². The van der Waals surface area contributed by atoms with E-state index in [1.165, 1.54) is 0 Å². The number of halogens is 3. The van der Waals surface area contributed by atoms with Gasteiger partial charge >= 0.3 is 5.97 Å². The zero-order chi connectivity index (χ0) is 13.7. The van der Waals surface area contributed by atoms with Crippen LogP contribution in [-0.4, -0.2) is 18.4 Å². The third-order valence-corrected chi connectivity index (χ3v) is 2.15. The first-order chi connectivity index (χ1) is 8.45. The molecule has 3 nitrogen and oxygen atoms in total. The van der Waals surface area contributed by atoms with Crippen LogP contribution in [0.25, 0.3) is 0 Å². The minimum atomic E-state index is -1.28. The molecule has 0 spiro atoms. The highest BCUT2D eigenvalue weighted by molar-refractivity contribution is 5.98. The third-order valence-electron chi connectivity index (χ3n) is 2.15. The first-order valence-corrected chi connectivity index (χ1v) is 5.29. The average Bonchev–Trinajstić information content (AvgIpc) is 2.25. The van der Waals surface area contributed by atoms with Crippen molar-refractivity contribution in [1.29, 1.82) is 0 Å². The van der Waals surface area contributed by atoms with Gasteiger partial charge in [-0.2, -0.15) is 0 Å². The molecule has 0 atom stereocenters. The van der Waals surface area contributed by atoms with Crippen molar-refractivity contribution in [2.24, 2.45) is 0 Å². The highest BCUT2D eigenvalue weighted by atomic mass is 19.1. The Morgan fingerprint density at radius 2 is 1.67 bits per heavy atom. The second kappa shape index (κ2) is 6.18. The number of rotatable bonds is 5. The summed E-state index contributed by atoms with van der Waals surface area (Å²) < 4.78 is 43.6. The van der Waals surface area contributed by atoms with E-state index in [0.29, 0.717) is 12.1 Å². The lowest BCUT2D eigenvalue weighted by Crippen LogP contribution is -2.11. The molecule has 0 aliphatic carbocycles. The van der Waals surface area contributed by atoms with Gasteiger partial charge in [0.25, 0.3) is 0 Å². The topological polar surface area (TPSA) is 43.4 Å². The molecule has 0 aliphatic rings. The molecular formula is C12H11F3O3. The van der Waals surface area contributed by atoms with Crippen LogP contribution in [0, 0.1) is 17.5 Å². The van der Waals surface area contributed by atoms with Crippen molar-refractivity contribution in [2.45, 2.75) is 19.8 Å². The summed E-state index contributed by atoms with van der Waals surface area (Å²) in [5.74, 6) is -5.19. The van der Waals surface area contributed by atoms with Gasteiger partial charge in [-0.1, -0.05) is 0 Å². The summed E-state index contributed by atoms with van der Waals surface area (Å²) in [5, 5.41) is 0. The Morgan fingerprint density at radius 1 is 1.11 bits per heavy atom. The Balaban J connectivity index is 2.76. The van der Waals surface area contributed by atoms with Gasteiger partial charge in [-0.05, 0) is 6.92 Å². The fourth-order valence-electron chi connectivity index (χ4n) is 1.38. The van der Waals surface area contributed by atoms with Gasteiger partial charge in [0, 0.05) is 18.6 Å². The Bertz CT molecular complexity index is 449. The van der Waals surface area contributed by atoms with Gasteiger partial charge in [-0.3, -0.25) is 9.59 Å². The largest absolute Gasteiger partial charge is 0.466 e. The Hall–Kier alpha value is -1.85. The van der Waals surface area contributed by atoms with E-state index in [-0.39, 0.29) is 13.0 Å². The van der Waals surface area contributed by atoms with E-state index < -0.39 is 41.2 Å². The van der Waals surface area contributed by atoms with Gasteiger partial charge in [0.1, 0.15) is 17.5 Å². The van der Waals surface area contributed by atoms with Gasteiger partial charge in [0.05, 0.1) is 18.6 Å². The van der Waals surface area contributed by atoms with Crippen LogP contribution >= 0.6 is 0 Å². The van der Waals surface area contributed by atoms with E-state index >= 15 is 0 Å².